The summed E-state index contributed by atoms with van der Waals surface area (Å²) in [5, 5.41) is 6.31. The van der Waals surface area contributed by atoms with E-state index in [4.69, 9.17) is 0 Å². The van der Waals surface area contributed by atoms with Gasteiger partial charge in [0.1, 0.15) is 0 Å². The first-order valence-corrected chi connectivity index (χ1v) is 7.39. The van der Waals surface area contributed by atoms with Gasteiger partial charge < -0.3 is 15.5 Å². The zero-order valence-electron chi connectivity index (χ0n) is 12.5. The molecular formula is C16H25N3O. The molecular weight excluding hydrogens is 250 g/mol. The van der Waals surface area contributed by atoms with E-state index in [1.54, 1.807) is 0 Å². The summed E-state index contributed by atoms with van der Waals surface area (Å²) in [4.78, 5) is 14.2. The highest BCUT2D eigenvalue weighted by atomic mass is 16.2. The smallest absolute Gasteiger partial charge is 0.237 e. The van der Waals surface area contributed by atoms with Crippen LogP contribution in [-0.4, -0.2) is 37.5 Å². The number of rotatable bonds is 5. The van der Waals surface area contributed by atoms with Gasteiger partial charge in [0.2, 0.25) is 5.91 Å². The summed E-state index contributed by atoms with van der Waals surface area (Å²) in [6.45, 7) is 2.49. The van der Waals surface area contributed by atoms with Gasteiger partial charge in [0.25, 0.3) is 0 Å². The molecule has 1 aromatic carbocycles. The largest absolute Gasteiger partial charge is 0.351 e. The lowest BCUT2D eigenvalue weighted by Gasteiger charge is -2.22. The lowest BCUT2D eigenvalue weighted by atomic mass is 10.0. The fourth-order valence-electron chi connectivity index (χ4n) is 2.59. The van der Waals surface area contributed by atoms with Gasteiger partial charge in [0.05, 0.1) is 6.04 Å². The Kier molecular flexibility index (Phi) is 5.56. The van der Waals surface area contributed by atoms with E-state index in [-0.39, 0.29) is 11.9 Å². The summed E-state index contributed by atoms with van der Waals surface area (Å²) in [5.74, 6) is 0.128. The Bertz CT molecular complexity index is 439. The third kappa shape index (κ3) is 4.62. The Morgan fingerprint density at radius 1 is 1.35 bits per heavy atom. The fourth-order valence-corrected chi connectivity index (χ4v) is 2.59. The van der Waals surface area contributed by atoms with E-state index in [0.717, 1.165) is 31.5 Å². The Hall–Kier alpha value is -1.39. The zero-order valence-corrected chi connectivity index (χ0v) is 12.5. The van der Waals surface area contributed by atoms with Crippen molar-refractivity contribution in [1.82, 2.24) is 15.5 Å². The maximum atomic E-state index is 12.1. The molecule has 1 heterocycles. The highest BCUT2D eigenvalue weighted by Crippen LogP contribution is 2.09. The quantitative estimate of drug-likeness (QED) is 0.856. The van der Waals surface area contributed by atoms with Crippen LogP contribution in [0.1, 0.15) is 30.4 Å². The van der Waals surface area contributed by atoms with Crippen LogP contribution in [0.2, 0.25) is 0 Å². The summed E-state index contributed by atoms with van der Waals surface area (Å²) >= 11 is 0. The van der Waals surface area contributed by atoms with Crippen LogP contribution in [0.15, 0.2) is 24.3 Å². The second-order valence-corrected chi connectivity index (χ2v) is 5.78. The van der Waals surface area contributed by atoms with Crippen molar-refractivity contribution in [2.45, 2.75) is 38.4 Å². The van der Waals surface area contributed by atoms with Crippen molar-refractivity contribution in [2.75, 3.05) is 20.6 Å². The van der Waals surface area contributed by atoms with Gasteiger partial charge in [0, 0.05) is 13.1 Å². The second kappa shape index (κ2) is 7.41. The molecule has 0 saturated carbocycles. The van der Waals surface area contributed by atoms with Crippen molar-refractivity contribution in [3.05, 3.63) is 35.4 Å². The van der Waals surface area contributed by atoms with Crippen molar-refractivity contribution >= 4 is 5.91 Å². The van der Waals surface area contributed by atoms with Gasteiger partial charge in [-0.05, 0) is 44.6 Å². The monoisotopic (exact) mass is 275 g/mol. The van der Waals surface area contributed by atoms with Crippen LogP contribution >= 0.6 is 0 Å². The van der Waals surface area contributed by atoms with E-state index in [0.29, 0.717) is 6.54 Å². The normalized spacial score (nSPS) is 19.1. The number of hydrogen-bond acceptors (Lipinski definition) is 3. The van der Waals surface area contributed by atoms with Crippen molar-refractivity contribution in [2.24, 2.45) is 0 Å². The minimum absolute atomic E-state index is 0.00583. The summed E-state index contributed by atoms with van der Waals surface area (Å²) in [6, 6.07) is 8.39. The number of benzene rings is 1. The van der Waals surface area contributed by atoms with E-state index >= 15 is 0 Å². The number of amides is 1. The Labute approximate surface area is 121 Å². The average molecular weight is 275 g/mol. The first-order chi connectivity index (χ1) is 9.65. The topological polar surface area (TPSA) is 44.4 Å². The first kappa shape index (κ1) is 15.0. The molecule has 0 unspecified atom stereocenters. The molecule has 4 heteroatoms. The van der Waals surface area contributed by atoms with Crippen LogP contribution in [0.5, 0.6) is 0 Å². The Morgan fingerprint density at radius 3 is 2.85 bits per heavy atom. The second-order valence-electron chi connectivity index (χ2n) is 5.78. The van der Waals surface area contributed by atoms with E-state index in [9.17, 15) is 4.79 Å². The molecule has 2 rings (SSSR count). The van der Waals surface area contributed by atoms with E-state index in [2.05, 4.69) is 53.9 Å². The van der Waals surface area contributed by atoms with Gasteiger partial charge in [-0.15, -0.1) is 0 Å². The zero-order chi connectivity index (χ0) is 14.4. The number of carbonyl (C=O) groups is 1. The van der Waals surface area contributed by atoms with Crippen molar-refractivity contribution in [1.29, 1.82) is 0 Å². The van der Waals surface area contributed by atoms with Crippen molar-refractivity contribution < 1.29 is 4.79 Å². The molecule has 0 aromatic heterocycles. The van der Waals surface area contributed by atoms with Crippen LogP contribution in [0, 0.1) is 0 Å². The lowest BCUT2D eigenvalue weighted by Crippen LogP contribution is -2.46. The third-order valence-electron chi connectivity index (χ3n) is 3.58. The van der Waals surface area contributed by atoms with Crippen LogP contribution in [0.25, 0.3) is 0 Å². The number of nitrogens with zero attached hydrogens (tertiary/aromatic N) is 1. The standard InChI is InChI=1S/C16H25N3O/c1-19(2)12-14-7-5-6-13(10-14)11-18-16(20)15-8-3-4-9-17-15/h5-7,10,15,17H,3-4,8-9,11-12H2,1-2H3,(H,18,20)/t15-/m1/s1. The van der Waals surface area contributed by atoms with Gasteiger partial charge in [-0.2, -0.15) is 0 Å². The highest BCUT2D eigenvalue weighted by molar-refractivity contribution is 5.81. The fraction of sp³-hybridized carbons (Fsp3) is 0.562. The van der Waals surface area contributed by atoms with Gasteiger partial charge in [-0.3, -0.25) is 4.79 Å². The van der Waals surface area contributed by atoms with E-state index in [1.165, 1.54) is 12.0 Å². The lowest BCUT2D eigenvalue weighted by molar-refractivity contribution is -0.123. The third-order valence-corrected chi connectivity index (χ3v) is 3.58. The summed E-state index contributed by atoms with van der Waals surface area (Å²) in [7, 11) is 4.12. The maximum Gasteiger partial charge on any atom is 0.237 e. The first-order valence-electron chi connectivity index (χ1n) is 7.39. The predicted molar refractivity (Wildman–Crippen MR) is 81.3 cm³/mol. The molecule has 2 N–H and O–H groups in total. The van der Waals surface area contributed by atoms with Crippen molar-refractivity contribution in [3.63, 3.8) is 0 Å². The Morgan fingerprint density at radius 2 is 2.15 bits per heavy atom. The maximum absolute atomic E-state index is 12.1. The molecule has 0 radical (unpaired) electrons. The molecule has 1 aliphatic heterocycles. The van der Waals surface area contributed by atoms with Crippen LogP contribution in [0.4, 0.5) is 0 Å². The van der Waals surface area contributed by atoms with Gasteiger partial charge in [-0.1, -0.05) is 30.7 Å². The Balaban J connectivity index is 1.85. The number of carbonyl (C=O) groups excluding carboxylic acids is 1. The molecule has 0 spiro atoms. The van der Waals surface area contributed by atoms with Gasteiger partial charge in [0.15, 0.2) is 0 Å². The summed E-state index contributed by atoms with van der Waals surface area (Å²) in [6.07, 6.45) is 3.27. The van der Waals surface area contributed by atoms with Gasteiger partial charge in [-0.25, -0.2) is 0 Å². The average Bonchev–Trinajstić information content (AvgIpc) is 2.45. The molecule has 1 atom stereocenters. The molecule has 4 nitrogen and oxygen atoms in total. The van der Waals surface area contributed by atoms with Gasteiger partial charge >= 0.3 is 0 Å². The molecule has 20 heavy (non-hydrogen) atoms. The number of piperidine rings is 1. The number of nitrogens with one attached hydrogen (secondary N) is 2. The van der Waals surface area contributed by atoms with Crippen molar-refractivity contribution in [3.8, 4) is 0 Å². The molecule has 1 aromatic rings. The highest BCUT2D eigenvalue weighted by Gasteiger charge is 2.19. The number of hydrogen-bond donors (Lipinski definition) is 2. The molecule has 1 aliphatic rings. The summed E-state index contributed by atoms with van der Waals surface area (Å²) < 4.78 is 0. The van der Waals surface area contributed by atoms with Crippen LogP contribution in [-0.2, 0) is 17.9 Å². The molecule has 1 fully saturated rings. The summed E-state index contributed by atoms with van der Waals surface area (Å²) in [5.41, 5.74) is 2.44. The van der Waals surface area contributed by atoms with E-state index in [1.807, 2.05) is 0 Å². The molecule has 1 amide bonds. The molecule has 0 aliphatic carbocycles. The molecule has 1 saturated heterocycles. The van der Waals surface area contributed by atoms with Crippen LogP contribution in [0.3, 0.4) is 0 Å². The van der Waals surface area contributed by atoms with E-state index < -0.39 is 0 Å². The molecule has 0 bridgehead atoms. The minimum atomic E-state index is -0.00583. The SMILES string of the molecule is CN(C)Cc1cccc(CNC(=O)[C@H]2CCCCN2)c1. The molecule has 110 valence electrons. The predicted octanol–water partition coefficient (Wildman–Crippen LogP) is 1.51. The van der Waals surface area contributed by atoms with Crippen LogP contribution < -0.4 is 10.6 Å². The minimum Gasteiger partial charge on any atom is -0.351 e.